The van der Waals surface area contributed by atoms with Crippen LogP contribution in [0.4, 0.5) is 0 Å². The van der Waals surface area contributed by atoms with Crippen LogP contribution in [0.15, 0.2) is 144 Å². The van der Waals surface area contributed by atoms with Gasteiger partial charge in [-0.1, -0.05) is 80.6 Å². The van der Waals surface area contributed by atoms with Gasteiger partial charge in [-0.25, -0.2) is 0 Å². The van der Waals surface area contributed by atoms with Crippen LogP contribution < -0.4 is 0 Å². The van der Waals surface area contributed by atoms with Crippen molar-refractivity contribution in [3.8, 4) is 51.2 Å². The third-order valence-corrected chi connectivity index (χ3v) is 10.8. The van der Waals surface area contributed by atoms with Crippen molar-refractivity contribution in [3.05, 3.63) is 162 Å². The number of hydrogen-bond acceptors (Lipinski definition) is 3. The predicted octanol–water partition coefficient (Wildman–Crippen LogP) is 12.1. The van der Waals surface area contributed by atoms with Crippen molar-refractivity contribution < 1.29 is 4.42 Å². The minimum atomic E-state index is -0.128. The number of para-hydroxylation sites is 1. The lowest BCUT2D eigenvalue weighted by molar-refractivity contribution is 0.661. The molecule has 7 aromatic carbocycles. The number of nitrogens with zero attached hydrogens (tertiary/aromatic N) is 3. The zero-order chi connectivity index (χ0) is 34.4. The molecule has 1 aliphatic carbocycles. The van der Waals surface area contributed by atoms with E-state index in [2.05, 4.69) is 122 Å². The van der Waals surface area contributed by atoms with E-state index in [1.54, 1.807) is 6.07 Å². The van der Waals surface area contributed by atoms with Crippen LogP contribution in [0.2, 0.25) is 0 Å². The van der Waals surface area contributed by atoms with E-state index >= 15 is 0 Å². The Morgan fingerprint density at radius 1 is 0.510 bits per heavy atom. The van der Waals surface area contributed by atoms with Crippen molar-refractivity contribution in [2.45, 2.75) is 19.3 Å². The van der Waals surface area contributed by atoms with E-state index in [1.807, 2.05) is 42.5 Å². The molecule has 1 aliphatic rings. The molecule has 10 rings (SSSR count). The summed E-state index contributed by atoms with van der Waals surface area (Å²) >= 11 is 0. The summed E-state index contributed by atoms with van der Waals surface area (Å²) in [6.07, 6.45) is 0. The van der Waals surface area contributed by atoms with Crippen LogP contribution in [0.25, 0.3) is 82.8 Å². The first-order chi connectivity index (χ1) is 24.9. The van der Waals surface area contributed by atoms with E-state index in [0.717, 1.165) is 55.4 Å². The molecule has 0 spiro atoms. The number of rotatable bonds is 3. The SMILES string of the molecule is CC1(C)c2ccccc2-c2cc3c4ccccc4n(-c4cccc5oc6ccc(-c7cc(C#N)cc(-c8cccc(C#N)c8)c7)cc6c45)c3cc21. The van der Waals surface area contributed by atoms with Crippen LogP contribution in [0, 0.1) is 22.7 Å². The molecule has 0 radical (unpaired) electrons. The Morgan fingerprint density at radius 3 is 2.10 bits per heavy atom. The van der Waals surface area contributed by atoms with Gasteiger partial charge in [0.05, 0.1) is 45.4 Å². The molecular weight excluding hydrogens is 623 g/mol. The van der Waals surface area contributed by atoms with E-state index in [-0.39, 0.29) is 5.41 Å². The molecule has 4 heteroatoms. The largest absolute Gasteiger partial charge is 0.456 e. The maximum absolute atomic E-state index is 10.00. The molecule has 0 bridgehead atoms. The number of hydrogen-bond donors (Lipinski definition) is 0. The molecule has 0 N–H and O–H groups in total. The standard InChI is InChI=1S/C47H29N3O/c1-47(2)39-13-5-3-11-34(39)36-24-37-35-12-4-6-14-41(35)50(43(37)25-40(36)47)42-15-8-16-45-46(42)38-23-31(17-18-44(38)51-45)33-21-29(27-49)20-32(22-33)30-10-7-9-28(19-30)26-48/h3-25H,1-2H3. The lowest BCUT2D eigenvalue weighted by atomic mass is 9.82. The van der Waals surface area contributed by atoms with E-state index in [0.29, 0.717) is 11.1 Å². The zero-order valence-electron chi connectivity index (χ0n) is 28.0. The number of fused-ring (bicyclic) bond motifs is 9. The van der Waals surface area contributed by atoms with Gasteiger partial charge in [0, 0.05) is 21.6 Å². The molecule has 0 aliphatic heterocycles. The summed E-state index contributed by atoms with van der Waals surface area (Å²) in [5, 5.41) is 24.0. The van der Waals surface area contributed by atoms with Crippen molar-refractivity contribution in [2.75, 3.05) is 0 Å². The average molecular weight is 652 g/mol. The van der Waals surface area contributed by atoms with Crippen molar-refractivity contribution in [2.24, 2.45) is 0 Å². The Kier molecular flexibility index (Phi) is 6.02. The number of benzene rings is 7. The molecule has 9 aromatic rings. The Bertz CT molecular complexity index is 3030. The summed E-state index contributed by atoms with van der Waals surface area (Å²) in [4.78, 5) is 0. The molecule has 0 atom stereocenters. The molecule has 0 unspecified atom stereocenters. The van der Waals surface area contributed by atoms with Gasteiger partial charge in [-0.15, -0.1) is 0 Å². The molecule has 0 saturated heterocycles. The number of furan rings is 1. The van der Waals surface area contributed by atoms with Crippen LogP contribution in [0.5, 0.6) is 0 Å². The van der Waals surface area contributed by atoms with E-state index in [1.165, 1.54) is 38.5 Å². The highest BCUT2D eigenvalue weighted by molar-refractivity contribution is 6.16. The topological polar surface area (TPSA) is 65.7 Å². The number of aromatic nitrogens is 1. The fraction of sp³-hybridized carbons (Fsp3) is 0.0638. The Balaban J connectivity index is 1.22. The summed E-state index contributed by atoms with van der Waals surface area (Å²) < 4.78 is 8.93. The van der Waals surface area contributed by atoms with Gasteiger partial charge in [0.15, 0.2) is 0 Å². The minimum absolute atomic E-state index is 0.128. The van der Waals surface area contributed by atoms with Gasteiger partial charge in [0.25, 0.3) is 0 Å². The molecule has 238 valence electrons. The highest BCUT2D eigenvalue weighted by Crippen LogP contribution is 2.51. The van der Waals surface area contributed by atoms with Crippen LogP contribution in [-0.4, -0.2) is 4.57 Å². The molecule has 2 aromatic heterocycles. The maximum atomic E-state index is 10.00. The Labute approximate surface area is 294 Å². The lowest BCUT2D eigenvalue weighted by Crippen LogP contribution is -2.14. The zero-order valence-corrected chi connectivity index (χ0v) is 28.0. The van der Waals surface area contributed by atoms with Crippen molar-refractivity contribution in [1.82, 2.24) is 4.57 Å². The van der Waals surface area contributed by atoms with E-state index in [4.69, 9.17) is 4.42 Å². The quantitative estimate of drug-likeness (QED) is 0.191. The third-order valence-electron chi connectivity index (χ3n) is 10.8. The fourth-order valence-corrected chi connectivity index (χ4v) is 8.39. The molecule has 4 nitrogen and oxygen atoms in total. The Hall–Kier alpha value is -6.88. The first kappa shape index (κ1) is 29.1. The van der Waals surface area contributed by atoms with Gasteiger partial charge in [-0.05, 0) is 117 Å². The van der Waals surface area contributed by atoms with Gasteiger partial charge >= 0.3 is 0 Å². The lowest BCUT2D eigenvalue weighted by Gasteiger charge is -2.21. The van der Waals surface area contributed by atoms with Crippen LogP contribution >= 0.6 is 0 Å². The highest BCUT2D eigenvalue weighted by Gasteiger charge is 2.36. The van der Waals surface area contributed by atoms with Gasteiger partial charge in [0.2, 0.25) is 0 Å². The monoisotopic (exact) mass is 651 g/mol. The summed E-state index contributed by atoms with van der Waals surface area (Å²) in [6.45, 7) is 4.66. The number of nitriles is 2. The summed E-state index contributed by atoms with van der Waals surface area (Å²) in [6, 6.07) is 52.8. The summed E-state index contributed by atoms with van der Waals surface area (Å²) in [7, 11) is 0. The van der Waals surface area contributed by atoms with Gasteiger partial charge in [0.1, 0.15) is 11.2 Å². The van der Waals surface area contributed by atoms with E-state index in [9.17, 15) is 10.5 Å². The van der Waals surface area contributed by atoms with Crippen molar-refractivity contribution in [1.29, 1.82) is 10.5 Å². The molecule has 0 saturated carbocycles. The van der Waals surface area contributed by atoms with Crippen LogP contribution in [0.1, 0.15) is 36.1 Å². The second kappa shape index (κ2) is 10.6. The van der Waals surface area contributed by atoms with Crippen molar-refractivity contribution >= 4 is 43.7 Å². The molecule has 0 fully saturated rings. The average Bonchev–Trinajstić information content (AvgIpc) is 3.79. The highest BCUT2D eigenvalue weighted by atomic mass is 16.3. The van der Waals surface area contributed by atoms with Crippen LogP contribution in [-0.2, 0) is 5.41 Å². The molecule has 2 heterocycles. The van der Waals surface area contributed by atoms with Gasteiger partial charge < -0.3 is 8.98 Å². The Morgan fingerprint density at radius 2 is 1.25 bits per heavy atom. The fourth-order valence-electron chi connectivity index (χ4n) is 8.39. The second-order valence-electron chi connectivity index (χ2n) is 14.0. The maximum Gasteiger partial charge on any atom is 0.137 e. The first-order valence-corrected chi connectivity index (χ1v) is 17.1. The predicted molar refractivity (Wildman–Crippen MR) is 206 cm³/mol. The normalized spacial score (nSPS) is 13.0. The van der Waals surface area contributed by atoms with Gasteiger partial charge in [-0.2, -0.15) is 10.5 Å². The van der Waals surface area contributed by atoms with Gasteiger partial charge in [-0.3, -0.25) is 0 Å². The summed E-state index contributed by atoms with van der Waals surface area (Å²) in [5.41, 5.74) is 15.0. The summed E-state index contributed by atoms with van der Waals surface area (Å²) in [5.74, 6) is 0. The smallest absolute Gasteiger partial charge is 0.137 e. The molecular formula is C47H29N3O. The molecule has 0 amide bonds. The third kappa shape index (κ3) is 4.18. The van der Waals surface area contributed by atoms with E-state index < -0.39 is 0 Å². The van der Waals surface area contributed by atoms with Crippen LogP contribution in [0.3, 0.4) is 0 Å². The second-order valence-corrected chi connectivity index (χ2v) is 14.0. The molecule has 51 heavy (non-hydrogen) atoms. The first-order valence-electron chi connectivity index (χ1n) is 17.1. The minimum Gasteiger partial charge on any atom is -0.456 e. The van der Waals surface area contributed by atoms with Crippen molar-refractivity contribution in [3.63, 3.8) is 0 Å².